The lowest BCUT2D eigenvalue weighted by atomic mass is 10.1. The van der Waals surface area contributed by atoms with E-state index in [0.717, 1.165) is 0 Å². The van der Waals surface area contributed by atoms with Crippen molar-refractivity contribution in [3.05, 3.63) is 0 Å². The van der Waals surface area contributed by atoms with Gasteiger partial charge < -0.3 is 14.6 Å². The number of halogens is 1. The molecule has 0 saturated carbocycles. The summed E-state index contributed by atoms with van der Waals surface area (Å²) in [5.41, 5.74) is -1.59. The zero-order chi connectivity index (χ0) is 9.78. The predicted octanol–water partition coefficient (Wildman–Crippen LogP) is 1.20. The van der Waals surface area contributed by atoms with Crippen molar-refractivity contribution in [3.8, 4) is 0 Å². The van der Waals surface area contributed by atoms with Crippen molar-refractivity contribution in [2.75, 3.05) is 6.07 Å². The number of carbonyl (C=O) groups excluding carboxylic acids is 1. The molecule has 0 aromatic heterocycles. The van der Waals surface area contributed by atoms with Gasteiger partial charge in [-0.2, -0.15) is 0 Å². The van der Waals surface area contributed by atoms with Gasteiger partial charge in [-0.05, 0) is 13.8 Å². The second-order valence-electron chi connectivity index (χ2n) is 2.42. The number of alkyl halides is 1. The monoisotopic (exact) mass is 196 g/mol. The van der Waals surface area contributed by atoms with E-state index in [1.165, 1.54) is 13.8 Å². The standard InChI is InChI=1S/C6H9ClO5/c1-6(2,4(8)9)12-5(10)11-3-7/h3H2,1-2H3,(H,8,9). The van der Waals surface area contributed by atoms with E-state index in [-0.39, 0.29) is 6.07 Å². The summed E-state index contributed by atoms with van der Waals surface area (Å²) in [7, 11) is 0. The number of rotatable bonds is 3. The summed E-state index contributed by atoms with van der Waals surface area (Å²) in [5.74, 6) is -1.26. The van der Waals surface area contributed by atoms with Crippen molar-refractivity contribution in [1.29, 1.82) is 0 Å². The molecule has 0 radical (unpaired) electrons. The van der Waals surface area contributed by atoms with Crippen LogP contribution in [-0.4, -0.2) is 28.9 Å². The van der Waals surface area contributed by atoms with Gasteiger partial charge in [0.1, 0.15) is 0 Å². The first-order valence-corrected chi connectivity index (χ1v) is 3.58. The van der Waals surface area contributed by atoms with Crippen LogP contribution in [0.5, 0.6) is 0 Å². The van der Waals surface area contributed by atoms with Crippen LogP contribution in [0.3, 0.4) is 0 Å². The molecule has 0 unspecified atom stereocenters. The highest BCUT2D eigenvalue weighted by molar-refractivity contribution is 6.17. The molecule has 0 aromatic rings. The summed E-state index contributed by atoms with van der Waals surface area (Å²) in [6.07, 6.45) is -1.10. The molecule has 6 heteroatoms. The highest BCUT2D eigenvalue weighted by Crippen LogP contribution is 2.10. The Kier molecular flexibility index (Phi) is 3.82. The Labute approximate surface area is 74.2 Å². The Balaban J connectivity index is 4.06. The van der Waals surface area contributed by atoms with E-state index in [9.17, 15) is 9.59 Å². The van der Waals surface area contributed by atoms with E-state index < -0.39 is 17.7 Å². The van der Waals surface area contributed by atoms with Gasteiger partial charge in [-0.3, -0.25) is 0 Å². The van der Waals surface area contributed by atoms with Gasteiger partial charge in [0.15, 0.2) is 6.07 Å². The SMILES string of the molecule is CC(C)(OC(=O)OCCl)C(=O)O. The summed E-state index contributed by atoms with van der Waals surface area (Å²) < 4.78 is 8.56. The summed E-state index contributed by atoms with van der Waals surface area (Å²) >= 11 is 5.03. The van der Waals surface area contributed by atoms with Gasteiger partial charge in [0.25, 0.3) is 0 Å². The van der Waals surface area contributed by atoms with Crippen molar-refractivity contribution in [3.63, 3.8) is 0 Å². The highest BCUT2D eigenvalue weighted by Gasteiger charge is 2.32. The molecule has 0 aliphatic heterocycles. The van der Waals surface area contributed by atoms with E-state index in [1.54, 1.807) is 0 Å². The lowest BCUT2D eigenvalue weighted by molar-refractivity contribution is -0.157. The maximum absolute atomic E-state index is 10.6. The van der Waals surface area contributed by atoms with Crippen molar-refractivity contribution >= 4 is 23.7 Å². The molecule has 0 atom stereocenters. The van der Waals surface area contributed by atoms with Crippen LogP contribution in [0.25, 0.3) is 0 Å². The van der Waals surface area contributed by atoms with Crippen LogP contribution in [0.4, 0.5) is 4.79 Å². The quantitative estimate of drug-likeness (QED) is 0.542. The van der Waals surface area contributed by atoms with Gasteiger partial charge in [-0.15, -0.1) is 0 Å². The summed E-state index contributed by atoms with van der Waals surface area (Å²) in [6, 6.07) is -0.367. The molecule has 0 aromatic carbocycles. The maximum Gasteiger partial charge on any atom is 0.510 e. The van der Waals surface area contributed by atoms with Gasteiger partial charge >= 0.3 is 12.1 Å². The number of ether oxygens (including phenoxy) is 2. The lowest BCUT2D eigenvalue weighted by Crippen LogP contribution is -2.37. The Morgan fingerprint density at radius 1 is 1.50 bits per heavy atom. The normalized spacial score (nSPS) is 10.6. The minimum absolute atomic E-state index is 0.367. The van der Waals surface area contributed by atoms with Crippen molar-refractivity contribution in [2.24, 2.45) is 0 Å². The number of hydrogen-bond acceptors (Lipinski definition) is 4. The van der Waals surface area contributed by atoms with Gasteiger partial charge in [0.2, 0.25) is 5.60 Å². The van der Waals surface area contributed by atoms with Gasteiger partial charge in [0, 0.05) is 0 Å². The van der Waals surface area contributed by atoms with Crippen molar-refractivity contribution in [1.82, 2.24) is 0 Å². The second-order valence-corrected chi connectivity index (χ2v) is 2.64. The predicted molar refractivity (Wildman–Crippen MR) is 40.0 cm³/mol. The van der Waals surface area contributed by atoms with Crippen molar-refractivity contribution < 1.29 is 24.2 Å². The molecule has 0 fully saturated rings. The third-order valence-corrected chi connectivity index (χ3v) is 1.14. The third-order valence-electron chi connectivity index (χ3n) is 1.03. The molecule has 5 nitrogen and oxygen atoms in total. The number of carboxylic acid groups (broad SMARTS) is 1. The molecule has 0 rings (SSSR count). The third kappa shape index (κ3) is 3.43. The molecular formula is C6H9ClO5. The fourth-order valence-electron chi connectivity index (χ4n) is 0.326. The number of carboxylic acids is 1. The molecule has 0 aliphatic carbocycles. The van der Waals surface area contributed by atoms with E-state index in [4.69, 9.17) is 16.7 Å². The fourth-order valence-corrected chi connectivity index (χ4v) is 0.415. The summed E-state index contributed by atoms with van der Waals surface area (Å²) in [5, 5.41) is 8.49. The van der Waals surface area contributed by atoms with Crippen LogP contribution < -0.4 is 0 Å². The molecule has 0 aliphatic rings. The first-order chi connectivity index (χ1) is 5.40. The minimum atomic E-state index is -1.59. The molecule has 12 heavy (non-hydrogen) atoms. The molecule has 0 heterocycles. The molecule has 70 valence electrons. The van der Waals surface area contributed by atoms with Crippen LogP contribution in [0, 0.1) is 0 Å². The van der Waals surface area contributed by atoms with E-state index in [2.05, 4.69) is 9.47 Å². The Morgan fingerprint density at radius 3 is 2.33 bits per heavy atom. The van der Waals surface area contributed by atoms with E-state index >= 15 is 0 Å². The Morgan fingerprint density at radius 2 is 2.00 bits per heavy atom. The van der Waals surface area contributed by atoms with Crippen LogP contribution >= 0.6 is 11.6 Å². The van der Waals surface area contributed by atoms with Gasteiger partial charge in [-0.25, -0.2) is 9.59 Å². The topological polar surface area (TPSA) is 72.8 Å². The zero-order valence-electron chi connectivity index (χ0n) is 6.67. The second kappa shape index (κ2) is 4.15. The highest BCUT2D eigenvalue weighted by atomic mass is 35.5. The van der Waals surface area contributed by atoms with Crippen LogP contribution in [0.15, 0.2) is 0 Å². The number of hydrogen-bond donors (Lipinski definition) is 1. The molecule has 1 N–H and O–H groups in total. The number of carbonyl (C=O) groups is 2. The summed E-state index contributed by atoms with van der Waals surface area (Å²) in [6.45, 7) is 2.45. The largest absolute Gasteiger partial charge is 0.510 e. The van der Waals surface area contributed by atoms with Crippen LogP contribution in [-0.2, 0) is 14.3 Å². The first-order valence-electron chi connectivity index (χ1n) is 3.05. The Hall–Kier alpha value is -0.970. The molecular weight excluding hydrogens is 188 g/mol. The molecule has 0 amide bonds. The lowest BCUT2D eigenvalue weighted by Gasteiger charge is -2.18. The average molecular weight is 197 g/mol. The van der Waals surface area contributed by atoms with Crippen molar-refractivity contribution in [2.45, 2.75) is 19.4 Å². The van der Waals surface area contributed by atoms with Crippen LogP contribution in [0.2, 0.25) is 0 Å². The molecule has 0 bridgehead atoms. The zero-order valence-corrected chi connectivity index (χ0v) is 7.42. The van der Waals surface area contributed by atoms with Crippen LogP contribution in [0.1, 0.15) is 13.8 Å². The Bertz CT molecular complexity index is 188. The fraction of sp³-hybridized carbons (Fsp3) is 0.667. The van der Waals surface area contributed by atoms with Gasteiger partial charge in [0.05, 0.1) is 0 Å². The van der Waals surface area contributed by atoms with Gasteiger partial charge in [-0.1, -0.05) is 11.6 Å². The average Bonchev–Trinajstić information content (AvgIpc) is 1.85. The summed E-state index contributed by atoms with van der Waals surface area (Å²) in [4.78, 5) is 21.0. The van der Waals surface area contributed by atoms with E-state index in [1.807, 2.05) is 0 Å². The smallest absolute Gasteiger partial charge is 0.478 e. The minimum Gasteiger partial charge on any atom is -0.478 e. The maximum atomic E-state index is 10.6. The van der Waals surface area contributed by atoms with E-state index in [0.29, 0.717) is 0 Å². The first kappa shape index (κ1) is 11.0. The number of aliphatic carboxylic acids is 1. The molecule has 0 saturated heterocycles. The molecule has 0 spiro atoms.